The fraction of sp³-hybridized carbons (Fsp3) is 0.583. The van der Waals surface area contributed by atoms with Crippen LogP contribution in [0.2, 0.25) is 0 Å². The Labute approximate surface area is 110 Å². The maximum atomic E-state index is 9.40. The summed E-state index contributed by atoms with van der Waals surface area (Å²) in [5.41, 5.74) is 0.958. The molecule has 1 N–H and O–H groups in total. The Morgan fingerprint density at radius 1 is 1.59 bits per heavy atom. The Hall–Kier alpha value is -0.650. The molecule has 1 saturated heterocycles. The smallest absolute Gasteiger partial charge is 0.129 e. The molecule has 1 aliphatic rings. The van der Waals surface area contributed by atoms with Crippen LogP contribution in [-0.2, 0) is 4.74 Å². The van der Waals surface area contributed by atoms with Gasteiger partial charge in [0.2, 0.25) is 0 Å². The van der Waals surface area contributed by atoms with Crippen LogP contribution in [0.25, 0.3) is 0 Å². The van der Waals surface area contributed by atoms with Crippen LogP contribution in [0.4, 0.5) is 5.82 Å². The molecule has 17 heavy (non-hydrogen) atoms. The first kappa shape index (κ1) is 12.8. The predicted octanol–water partition coefficient (Wildman–Crippen LogP) is 1.74. The van der Waals surface area contributed by atoms with Crippen LogP contribution in [0.1, 0.15) is 12.1 Å². The number of hydrogen-bond donors (Lipinski definition) is 1. The van der Waals surface area contributed by atoms with E-state index in [0.717, 1.165) is 29.0 Å². The van der Waals surface area contributed by atoms with E-state index in [1.807, 2.05) is 19.1 Å². The molecule has 0 radical (unpaired) electrons. The lowest BCUT2D eigenvalue weighted by Gasteiger charge is -2.24. The number of rotatable bonds is 3. The van der Waals surface area contributed by atoms with Gasteiger partial charge in [-0.05, 0) is 41.4 Å². The summed E-state index contributed by atoms with van der Waals surface area (Å²) >= 11 is 3.44. The lowest BCUT2D eigenvalue weighted by Crippen LogP contribution is -2.33. The van der Waals surface area contributed by atoms with Gasteiger partial charge in [-0.25, -0.2) is 4.98 Å². The zero-order chi connectivity index (χ0) is 12.4. The maximum Gasteiger partial charge on any atom is 0.129 e. The van der Waals surface area contributed by atoms with E-state index in [4.69, 9.17) is 4.74 Å². The molecular weight excluding hydrogens is 284 g/mol. The highest BCUT2D eigenvalue weighted by atomic mass is 79.9. The number of hydrogen-bond acceptors (Lipinski definition) is 4. The van der Waals surface area contributed by atoms with E-state index < -0.39 is 0 Å². The topological polar surface area (TPSA) is 45.6 Å². The first-order chi connectivity index (χ1) is 8.15. The molecule has 94 valence electrons. The third-order valence-electron chi connectivity index (χ3n) is 3.22. The highest BCUT2D eigenvalue weighted by Crippen LogP contribution is 2.27. The number of methoxy groups -OCH3 is 1. The quantitative estimate of drug-likeness (QED) is 0.924. The van der Waals surface area contributed by atoms with Crippen LogP contribution in [0.3, 0.4) is 0 Å². The minimum atomic E-state index is 0.105. The second-order valence-corrected chi connectivity index (χ2v) is 5.17. The highest BCUT2D eigenvalue weighted by Gasteiger charge is 2.32. The number of ether oxygens (including phenoxy) is 1. The molecule has 1 aromatic rings. The van der Waals surface area contributed by atoms with Gasteiger partial charge in [0, 0.05) is 18.1 Å². The Balaban J connectivity index is 2.23. The van der Waals surface area contributed by atoms with Crippen molar-refractivity contribution in [3.63, 3.8) is 0 Å². The molecule has 4 nitrogen and oxygen atoms in total. The summed E-state index contributed by atoms with van der Waals surface area (Å²) in [5, 5.41) is 9.40. The number of aryl methyl sites for hydroxylation is 1. The van der Waals surface area contributed by atoms with E-state index in [0.29, 0.717) is 0 Å². The van der Waals surface area contributed by atoms with Crippen LogP contribution < -0.4 is 4.90 Å². The molecular formula is C12H17BrN2O2. The second-order valence-electron chi connectivity index (χ2n) is 4.32. The molecule has 1 aliphatic heterocycles. The summed E-state index contributed by atoms with van der Waals surface area (Å²) in [6.45, 7) is 2.89. The van der Waals surface area contributed by atoms with Gasteiger partial charge in [0.15, 0.2) is 0 Å². The van der Waals surface area contributed by atoms with Crippen molar-refractivity contribution in [1.82, 2.24) is 4.98 Å². The Morgan fingerprint density at radius 2 is 2.35 bits per heavy atom. The molecule has 0 spiro atoms. The van der Waals surface area contributed by atoms with Crippen molar-refractivity contribution in [1.29, 1.82) is 0 Å². The summed E-state index contributed by atoms with van der Waals surface area (Å²) in [5.74, 6) is 0.907. The zero-order valence-corrected chi connectivity index (χ0v) is 11.6. The van der Waals surface area contributed by atoms with Crippen molar-refractivity contribution in [2.75, 3.05) is 25.2 Å². The lowest BCUT2D eigenvalue weighted by molar-refractivity contribution is 0.115. The average molecular weight is 301 g/mol. The summed E-state index contributed by atoms with van der Waals surface area (Å²) < 4.78 is 6.36. The number of aliphatic hydroxyl groups is 1. The minimum Gasteiger partial charge on any atom is -0.394 e. The van der Waals surface area contributed by atoms with Crippen LogP contribution in [0.5, 0.6) is 0 Å². The Bertz CT molecular complexity index is 400. The molecule has 1 aromatic heterocycles. The molecule has 2 atom stereocenters. The van der Waals surface area contributed by atoms with Gasteiger partial charge in [-0.1, -0.05) is 0 Å². The molecule has 2 heterocycles. The van der Waals surface area contributed by atoms with E-state index in [1.54, 1.807) is 7.11 Å². The first-order valence-electron chi connectivity index (χ1n) is 5.69. The van der Waals surface area contributed by atoms with Gasteiger partial charge in [0.25, 0.3) is 0 Å². The third-order valence-corrected chi connectivity index (χ3v) is 4.06. The second kappa shape index (κ2) is 5.33. The number of aromatic nitrogens is 1. The van der Waals surface area contributed by atoms with Crippen LogP contribution in [-0.4, -0.2) is 42.5 Å². The molecule has 0 aliphatic carbocycles. The first-order valence-corrected chi connectivity index (χ1v) is 6.48. The van der Waals surface area contributed by atoms with Crippen LogP contribution in [0, 0.1) is 6.92 Å². The predicted molar refractivity (Wildman–Crippen MR) is 70.3 cm³/mol. The molecule has 5 heteroatoms. The van der Waals surface area contributed by atoms with Gasteiger partial charge >= 0.3 is 0 Å². The van der Waals surface area contributed by atoms with Crippen molar-refractivity contribution in [3.05, 3.63) is 22.3 Å². The van der Waals surface area contributed by atoms with Crippen molar-refractivity contribution in [3.8, 4) is 0 Å². The largest absolute Gasteiger partial charge is 0.394 e. The van der Waals surface area contributed by atoms with Crippen molar-refractivity contribution < 1.29 is 9.84 Å². The van der Waals surface area contributed by atoms with Crippen molar-refractivity contribution in [2.45, 2.75) is 25.5 Å². The number of nitrogens with zero attached hydrogens (tertiary/aromatic N) is 2. The number of aliphatic hydroxyl groups excluding tert-OH is 1. The summed E-state index contributed by atoms with van der Waals surface area (Å²) in [4.78, 5) is 6.65. The lowest BCUT2D eigenvalue weighted by atomic mass is 10.2. The summed E-state index contributed by atoms with van der Waals surface area (Å²) in [7, 11) is 1.71. The van der Waals surface area contributed by atoms with Gasteiger partial charge in [0.05, 0.1) is 24.4 Å². The van der Waals surface area contributed by atoms with Gasteiger partial charge in [-0.2, -0.15) is 0 Å². The molecule has 0 unspecified atom stereocenters. The van der Waals surface area contributed by atoms with Gasteiger partial charge in [-0.15, -0.1) is 0 Å². The summed E-state index contributed by atoms with van der Waals surface area (Å²) in [6.07, 6.45) is 1.03. The van der Waals surface area contributed by atoms with E-state index in [2.05, 4.69) is 25.8 Å². The van der Waals surface area contributed by atoms with Crippen LogP contribution >= 0.6 is 15.9 Å². The van der Waals surface area contributed by atoms with Crippen molar-refractivity contribution >= 4 is 21.7 Å². The van der Waals surface area contributed by atoms with Gasteiger partial charge < -0.3 is 14.7 Å². The monoisotopic (exact) mass is 300 g/mol. The number of halogens is 1. The Morgan fingerprint density at radius 3 is 2.94 bits per heavy atom. The van der Waals surface area contributed by atoms with E-state index >= 15 is 0 Å². The SMILES string of the molecule is CO[C@@H]1C[C@@H](CO)N(c2ccc(Br)c(C)n2)C1. The van der Waals surface area contributed by atoms with Gasteiger partial charge in [0.1, 0.15) is 5.82 Å². The molecule has 1 fully saturated rings. The maximum absolute atomic E-state index is 9.40. The molecule has 0 saturated carbocycles. The van der Waals surface area contributed by atoms with E-state index in [-0.39, 0.29) is 18.8 Å². The Kier molecular flexibility index (Phi) is 4.01. The molecule has 0 bridgehead atoms. The highest BCUT2D eigenvalue weighted by molar-refractivity contribution is 9.10. The fourth-order valence-electron chi connectivity index (χ4n) is 2.19. The van der Waals surface area contributed by atoms with Crippen LogP contribution in [0.15, 0.2) is 16.6 Å². The average Bonchev–Trinajstić information content (AvgIpc) is 2.76. The normalized spacial score (nSPS) is 24.4. The fourth-order valence-corrected chi connectivity index (χ4v) is 2.41. The van der Waals surface area contributed by atoms with E-state index in [9.17, 15) is 5.11 Å². The molecule has 2 rings (SSSR count). The van der Waals surface area contributed by atoms with Gasteiger partial charge in [-0.3, -0.25) is 0 Å². The standard InChI is InChI=1S/C12H17BrN2O2/c1-8-11(13)3-4-12(14-8)15-6-10(17-2)5-9(15)7-16/h3-4,9-10,16H,5-7H2,1-2H3/t9-,10+/m0/s1. The van der Waals surface area contributed by atoms with Crippen molar-refractivity contribution in [2.24, 2.45) is 0 Å². The third kappa shape index (κ3) is 2.61. The zero-order valence-electron chi connectivity index (χ0n) is 10.1. The minimum absolute atomic E-state index is 0.105. The summed E-state index contributed by atoms with van der Waals surface area (Å²) in [6, 6.07) is 4.07. The number of pyridine rings is 1. The number of anilines is 1. The molecule has 0 aromatic carbocycles. The van der Waals surface area contributed by atoms with E-state index in [1.165, 1.54) is 0 Å². The molecule has 0 amide bonds.